The Hall–Kier alpha value is -1.79. The van der Waals surface area contributed by atoms with Gasteiger partial charge in [0.2, 0.25) is 5.91 Å². The molecule has 1 aromatic carbocycles. The highest BCUT2D eigenvalue weighted by atomic mass is 16.5. The van der Waals surface area contributed by atoms with Crippen LogP contribution >= 0.6 is 0 Å². The third-order valence-electron chi connectivity index (χ3n) is 4.15. The van der Waals surface area contributed by atoms with Gasteiger partial charge in [0.05, 0.1) is 12.2 Å². The molecule has 114 valence electrons. The van der Waals surface area contributed by atoms with E-state index >= 15 is 0 Å². The summed E-state index contributed by atoms with van der Waals surface area (Å²) in [5.41, 5.74) is 7.08. The number of fused-ring (bicyclic) bond motifs is 1. The predicted molar refractivity (Wildman–Crippen MR) is 80.8 cm³/mol. The molecule has 0 atom stereocenters. The van der Waals surface area contributed by atoms with Crippen LogP contribution in [0.25, 0.3) is 0 Å². The maximum atomic E-state index is 12.4. The fourth-order valence-electron chi connectivity index (χ4n) is 2.65. The van der Waals surface area contributed by atoms with Crippen LogP contribution in [0, 0.1) is 0 Å². The number of hydrogen-bond donors (Lipinski definition) is 2. The van der Waals surface area contributed by atoms with E-state index in [9.17, 15) is 4.79 Å². The first-order valence-corrected chi connectivity index (χ1v) is 7.25. The van der Waals surface area contributed by atoms with Crippen molar-refractivity contribution in [1.82, 2.24) is 0 Å². The molecule has 1 aromatic rings. The Morgan fingerprint density at radius 3 is 2.86 bits per heavy atom. The molecule has 2 heterocycles. The van der Waals surface area contributed by atoms with Gasteiger partial charge in [-0.05, 0) is 31.0 Å². The summed E-state index contributed by atoms with van der Waals surface area (Å²) in [6.45, 7) is 2.58. The fourth-order valence-corrected chi connectivity index (χ4v) is 2.65. The second-order valence-corrected chi connectivity index (χ2v) is 5.68. The van der Waals surface area contributed by atoms with E-state index in [1.165, 1.54) is 0 Å². The molecule has 0 spiro atoms. The predicted octanol–water partition coefficient (Wildman–Crippen LogP) is 0.962. The molecule has 1 fully saturated rings. The molecule has 0 bridgehead atoms. The number of likely N-dealkylation sites (N-methyl/N-ethyl adjacent to an activating group) is 1. The van der Waals surface area contributed by atoms with Crippen molar-refractivity contribution < 1.29 is 14.3 Å². The molecule has 21 heavy (non-hydrogen) atoms. The molecule has 1 amide bonds. The van der Waals surface area contributed by atoms with E-state index < -0.39 is 5.54 Å². The zero-order valence-corrected chi connectivity index (χ0v) is 12.2. The fraction of sp³-hybridized carbons (Fsp3) is 0.533. The van der Waals surface area contributed by atoms with Crippen LogP contribution in [-0.2, 0) is 9.53 Å². The van der Waals surface area contributed by atoms with Crippen LogP contribution in [0.2, 0.25) is 0 Å². The largest absolute Gasteiger partial charge is 0.490 e. The Morgan fingerprint density at radius 2 is 2.10 bits per heavy atom. The van der Waals surface area contributed by atoms with Crippen molar-refractivity contribution in [3.63, 3.8) is 0 Å². The minimum absolute atomic E-state index is 0.148. The number of nitrogens with two attached hydrogens (primary N) is 1. The van der Waals surface area contributed by atoms with Crippen molar-refractivity contribution in [3.8, 4) is 5.75 Å². The number of nitrogens with zero attached hydrogens (tertiary/aromatic N) is 1. The van der Waals surface area contributed by atoms with Gasteiger partial charge in [-0.1, -0.05) is 0 Å². The van der Waals surface area contributed by atoms with Gasteiger partial charge < -0.3 is 25.4 Å². The summed E-state index contributed by atoms with van der Waals surface area (Å²) in [6, 6.07) is 5.65. The number of amides is 1. The molecule has 0 aliphatic carbocycles. The lowest BCUT2D eigenvalue weighted by atomic mass is 9.90. The van der Waals surface area contributed by atoms with Crippen molar-refractivity contribution in [1.29, 1.82) is 0 Å². The third kappa shape index (κ3) is 2.82. The molecular formula is C15H21N3O3. The molecule has 1 saturated heterocycles. The molecule has 0 saturated carbocycles. The highest BCUT2D eigenvalue weighted by Crippen LogP contribution is 2.33. The van der Waals surface area contributed by atoms with E-state index in [4.69, 9.17) is 15.2 Å². The van der Waals surface area contributed by atoms with E-state index in [1.54, 1.807) is 0 Å². The summed E-state index contributed by atoms with van der Waals surface area (Å²) < 4.78 is 10.9. The molecule has 6 heteroatoms. The zero-order chi connectivity index (χ0) is 14.9. The number of nitrogens with one attached hydrogen (secondary N) is 1. The molecule has 0 radical (unpaired) electrons. The van der Waals surface area contributed by atoms with Gasteiger partial charge in [-0.15, -0.1) is 0 Å². The quantitative estimate of drug-likeness (QED) is 0.849. The van der Waals surface area contributed by atoms with Crippen LogP contribution in [0.4, 0.5) is 11.4 Å². The molecule has 0 unspecified atom stereocenters. The summed E-state index contributed by atoms with van der Waals surface area (Å²) in [4.78, 5) is 14.5. The Morgan fingerprint density at radius 1 is 1.33 bits per heavy atom. The number of carbonyl (C=O) groups excluding carboxylic acids is 1. The molecule has 0 aromatic heterocycles. The van der Waals surface area contributed by atoms with E-state index in [-0.39, 0.29) is 5.91 Å². The Balaban J connectivity index is 1.76. The van der Waals surface area contributed by atoms with Crippen LogP contribution < -0.4 is 20.7 Å². The van der Waals surface area contributed by atoms with Crippen molar-refractivity contribution in [3.05, 3.63) is 18.2 Å². The minimum atomic E-state index is -0.837. The lowest BCUT2D eigenvalue weighted by Gasteiger charge is -2.32. The summed E-state index contributed by atoms with van der Waals surface area (Å²) in [6.07, 6.45) is 1.10. The number of hydrogen-bond acceptors (Lipinski definition) is 5. The van der Waals surface area contributed by atoms with Gasteiger partial charge in [0.25, 0.3) is 0 Å². The van der Waals surface area contributed by atoms with Crippen molar-refractivity contribution in [2.45, 2.75) is 18.4 Å². The number of ether oxygens (including phenoxy) is 2. The third-order valence-corrected chi connectivity index (χ3v) is 4.15. The molecule has 3 rings (SSSR count). The average molecular weight is 291 g/mol. The molecule has 2 aliphatic heterocycles. The summed E-state index contributed by atoms with van der Waals surface area (Å²) in [7, 11) is 2.01. The van der Waals surface area contributed by atoms with Gasteiger partial charge >= 0.3 is 0 Å². The first kappa shape index (κ1) is 14.2. The number of anilines is 2. The van der Waals surface area contributed by atoms with Gasteiger partial charge in [0.15, 0.2) is 0 Å². The van der Waals surface area contributed by atoms with Gasteiger partial charge in [-0.3, -0.25) is 4.79 Å². The highest BCUT2D eigenvalue weighted by Gasteiger charge is 2.36. The second-order valence-electron chi connectivity index (χ2n) is 5.68. The highest BCUT2D eigenvalue weighted by molar-refractivity contribution is 5.98. The van der Waals surface area contributed by atoms with Crippen LogP contribution in [0.15, 0.2) is 18.2 Å². The monoisotopic (exact) mass is 291 g/mol. The lowest BCUT2D eigenvalue weighted by molar-refractivity contribution is -0.124. The van der Waals surface area contributed by atoms with E-state index in [0.29, 0.717) is 32.7 Å². The Bertz CT molecular complexity index is 541. The maximum absolute atomic E-state index is 12.4. The first-order valence-electron chi connectivity index (χ1n) is 7.25. The Labute approximate surface area is 124 Å². The summed E-state index contributed by atoms with van der Waals surface area (Å²) >= 11 is 0. The maximum Gasteiger partial charge on any atom is 0.244 e. The van der Waals surface area contributed by atoms with Crippen LogP contribution in [-0.4, -0.2) is 44.9 Å². The number of benzene rings is 1. The van der Waals surface area contributed by atoms with Crippen molar-refractivity contribution >= 4 is 17.3 Å². The standard InChI is InChI=1S/C15H21N3O3/c1-18-6-9-21-13-3-2-11(10-12(13)18)17-14(19)15(16)4-7-20-8-5-15/h2-3,10H,4-9,16H2,1H3,(H,17,19). The van der Waals surface area contributed by atoms with E-state index in [2.05, 4.69) is 10.2 Å². The van der Waals surface area contributed by atoms with Gasteiger partial charge in [-0.25, -0.2) is 0 Å². The summed E-state index contributed by atoms with van der Waals surface area (Å²) in [5, 5.41) is 2.92. The summed E-state index contributed by atoms with van der Waals surface area (Å²) in [5.74, 6) is 0.695. The number of rotatable bonds is 2. The van der Waals surface area contributed by atoms with Crippen LogP contribution in [0.1, 0.15) is 12.8 Å². The molecule has 6 nitrogen and oxygen atoms in total. The van der Waals surface area contributed by atoms with Crippen LogP contribution in [0.3, 0.4) is 0 Å². The zero-order valence-electron chi connectivity index (χ0n) is 12.2. The van der Waals surface area contributed by atoms with E-state index in [1.807, 2.05) is 25.2 Å². The van der Waals surface area contributed by atoms with E-state index in [0.717, 1.165) is 23.7 Å². The Kier molecular flexibility index (Phi) is 3.73. The first-order chi connectivity index (χ1) is 10.1. The minimum Gasteiger partial charge on any atom is -0.490 e. The SMILES string of the molecule is CN1CCOc2ccc(NC(=O)C3(N)CCOCC3)cc21. The second kappa shape index (κ2) is 5.54. The van der Waals surface area contributed by atoms with Crippen molar-refractivity contribution in [2.75, 3.05) is 43.6 Å². The topological polar surface area (TPSA) is 76.8 Å². The lowest BCUT2D eigenvalue weighted by Crippen LogP contribution is -2.54. The molecule has 3 N–H and O–H groups in total. The molecular weight excluding hydrogens is 270 g/mol. The van der Waals surface area contributed by atoms with Crippen molar-refractivity contribution in [2.24, 2.45) is 5.73 Å². The average Bonchev–Trinajstić information content (AvgIpc) is 2.49. The van der Waals surface area contributed by atoms with Gasteiger partial charge in [0, 0.05) is 25.9 Å². The number of carbonyl (C=O) groups is 1. The normalized spacial score (nSPS) is 20.4. The van der Waals surface area contributed by atoms with Gasteiger partial charge in [0.1, 0.15) is 17.9 Å². The van der Waals surface area contributed by atoms with Crippen LogP contribution in [0.5, 0.6) is 5.75 Å². The smallest absolute Gasteiger partial charge is 0.244 e. The van der Waals surface area contributed by atoms with Gasteiger partial charge in [-0.2, -0.15) is 0 Å². The molecule has 2 aliphatic rings.